The van der Waals surface area contributed by atoms with E-state index in [9.17, 15) is 0 Å². The first-order valence-corrected chi connectivity index (χ1v) is 7.09. The van der Waals surface area contributed by atoms with Gasteiger partial charge in [0.05, 0.1) is 25.3 Å². The van der Waals surface area contributed by atoms with Gasteiger partial charge < -0.3 is 20.5 Å². The van der Waals surface area contributed by atoms with Crippen LogP contribution in [0.25, 0.3) is 10.2 Å². The molecule has 2 aromatic heterocycles. The van der Waals surface area contributed by atoms with Gasteiger partial charge in [-0.15, -0.1) is 11.3 Å². The summed E-state index contributed by atoms with van der Waals surface area (Å²) >= 11 is 1.52. The van der Waals surface area contributed by atoms with Gasteiger partial charge >= 0.3 is 0 Å². The predicted molar refractivity (Wildman–Crippen MR) is 84.7 cm³/mol. The molecule has 0 atom stereocenters. The minimum Gasteiger partial charge on any atom is -0.497 e. The summed E-state index contributed by atoms with van der Waals surface area (Å²) in [5.74, 6) is 2.29. The van der Waals surface area contributed by atoms with E-state index in [1.54, 1.807) is 14.2 Å². The third-order valence-electron chi connectivity index (χ3n) is 3.00. The lowest BCUT2D eigenvalue weighted by Crippen LogP contribution is -2.01. The van der Waals surface area contributed by atoms with Gasteiger partial charge in [-0.1, -0.05) is 0 Å². The molecule has 0 unspecified atom stereocenters. The number of hydrogen-bond acceptors (Lipinski definition) is 7. The fourth-order valence-electron chi connectivity index (χ4n) is 2.01. The van der Waals surface area contributed by atoms with Crippen molar-refractivity contribution in [1.29, 1.82) is 0 Å². The average Bonchev–Trinajstić information content (AvgIpc) is 2.95. The second-order valence-electron chi connectivity index (χ2n) is 4.26. The van der Waals surface area contributed by atoms with Gasteiger partial charge in [-0.2, -0.15) is 4.98 Å². The van der Waals surface area contributed by atoms with E-state index >= 15 is 0 Å². The standard InChI is InChI=1S/C14H14N4O2S/c1-19-8-3-4-11(20-2)10(7-8)16-12-9-5-6-21-13(9)18-14(15)17-12/h3-7H,1-2H3,(H3,15,16,17,18). The molecule has 0 saturated heterocycles. The Labute approximate surface area is 125 Å². The number of ether oxygens (including phenoxy) is 2. The summed E-state index contributed by atoms with van der Waals surface area (Å²) in [6, 6.07) is 7.46. The molecule has 0 aliphatic heterocycles. The first-order valence-electron chi connectivity index (χ1n) is 6.21. The van der Waals surface area contributed by atoms with Crippen molar-refractivity contribution in [3.8, 4) is 11.5 Å². The fraction of sp³-hybridized carbons (Fsp3) is 0.143. The molecular formula is C14H14N4O2S. The van der Waals surface area contributed by atoms with Crippen LogP contribution in [-0.4, -0.2) is 24.2 Å². The minimum atomic E-state index is 0.231. The number of hydrogen-bond donors (Lipinski definition) is 2. The van der Waals surface area contributed by atoms with Gasteiger partial charge in [0.2, 0.25) is 5.95 Å². The number of nitrogen functional groups attached to an aromatic ring is 1. The fourth-order valence-corrected chi connectivity index (χ4v) is 2.78. The summed E-state index contributed by atoms with van der Waals surface area (Å²) in [5.41, 5.74) is 6.50. The van der Waals surface area contributed by atoms with E-state index in [0.717, 1.165) is 21.7 Å². The van der Waals surface area contributed by atoms with E-state index in [1.165, 1.54) is 11.3 Å². The Bertz CT molecular complexity index is 788. The smallest absolute Gasteiger partial charge is 0.223 e. The molecule has 21 heavy (non-hydrogen) atoms. The van der Waals surface area contributed by atoms with Gasteiger partial charge in [-0.3, -0.25) is 0 Å². The maximum atomic E-state index is 5.75. The molecule has 0 saturated carbocycles. The highest BCUT2D eigenvalue weighted by atomic mass is 32.1. The van der Waals surface area contributed by atoms with Crippen molar-refractivity contribution >= 4 is 39.0 Å². The first kappa shape index (κ1) is 13.4. The van der Waals surface area contributed by atoms with Crippen LogP contribution in [0.2, 0.25) is 0 Å². The molecule has 6 nitrogen and oxygen atoms in total. The van der Waals surface area contributed by atoms with E-state index in [4.69, 9.17) is 15.2 Å². The largest absolute Gasteiger partial charge is 0.497 e. The summed E-state index contributed by atoms with van der Waals surface area (Å²) in [6.07, 6.45) is 0. The molecule has 108 valence electrons. The Hall–Kier alpha value is -2.54. The van der Waals surface area contributed by atoms with Crippen molar-refractivity contribution in [2.24, 2.45) is 0 Å². The van der Waals surface area contributed by atoms with Crippen molar-refractivity contribution < 1.29 is 9.47 Å². The number of fused-ring (bicyclic) bond motifs is 1. The van der Waals surface area contributed by atoms with Crippen molar-refractivity contribution in [3.05, 3.63) is 29.6 Å². The Balaban J connectivity index is 2.07. The van der Waals surface area contributed by atoms with Crippen molar-refractivity contribution in [1.82, 2.24) is 9.97 Å². The molecule has 3 rings (SSSR count). The highest BCUT2D eigenvalue weighted by Gasteiger charge is 2.11. The number of nitrogens with two attached hydrogens (primary N) is 1. The predicted octanol–water partition coefficient (Wildman–Crippen LogP) is 3.03. The number of anilines is 3. The molecule has 3 N–H and O–H groups in total. The van der Waals surface area contributed by atoms with E-state index in [1.807, 2.05) is 29.6 Å². The Morgan fingerprint density at radius 3 is 2.76 bits per heavy atom. The highest BCUT2D eigenvalue weighted by molar-refractivity contribution is 7.16. The SMILES string of the molecule is COc1ccc(OC)c(Nc2nc(N)nc3sccc23)c1. The number of nitrogens with zero attached hydrogens (tertiary/aromatic N) is 2. The van der Waals surface area contributed by atoms with Crippen molar-refractivity contribution in [3.63, 3.8) is 0 Å². The zero-order chi connectivity index (χ0) is 14.8. The Morgan fingerprint density at radius 2 is 2.00 bits per heavy atom. The average molecular weight is 302 g/mol. The Morgan fingerprint density at radius 1 is 1.14 bits per heavy atom. The number of thiophene rings is 1. The third-order valence-corrected chi connectivity index (χ3v) is 3.81. The van der Waals surface area contributed by atoms with Gasteiger partial charge in [-0.05, 0) is 23.6 Å². The molecule has 0 amide bonds. The van der Waals surface area contributed by atoms with Crippen molar-refractivity contribution in [2.45, 2.75) is 0 Å². The lowest BCUT2D eigenvalue weighted by atomic mass is 10.2. The molecule has 7 heteroatoms. The van der Waals surface area contributed by atoms with Crippen LogP contribution >= 0.6 is 11.3 Å². The number of benzene rings is 1. The van der Waals surface area contributed by atoms with Gasteiger partial charge in [0.25, 0.3) is 0 Å². The summed E-state index contributed by atoms with van der Waals surface area (Å²) < 4.78 is 10.6. The van der Waals surface area contributed by atoms with E-state index in [0.29, 0.717) is 11.6 Å². The second kappa shape index (κ2) is 5.45. The van der Waals surface area contributed by atoms with Gasteiger partial charge in [0.15, 0.2) is 0 Å². The first-order chi connectivity index (χ1) is 10.2. The van der Waals surface area contributed by atoms with Crippen LogP contribution in [0.4, 0.5) is 17.5 Å². The molecular weight excluding hydrogens is 288 g/mol. The van der Waals surface area contributed by atoms with Crippen LogP contribution < -0.4 is 20.5 Å². The van der Waals surface area contributed by atoms with Gasteiger partial charge in [-0.25, -0.2) is 4.98 Å². The molecule has 0 aliphatic rings. The van der Waals surface area contributed by atoms with Crippen molar-refractivity contribution in [2.75, 3.05) is 25.3 Å². The molecule has 0 radical (unpaired) electrons. The molecule has 0 fully saturated rings. The lowest BCUT2D eigenvalue weighted by Gasteiger charge is -2.13. The van der Waals surface area contributed by atoms with Crippen LogP contribution in [-0.2, 0) is 0 Å². The van der Waals surface area contributed by atoms with Gasteiger partial charge in [0, 0.05) is 6.07 Å². The van der Waals surface area contributed by atoms with Gasteiger partial charge in [0.1, 0.15) is 22.1 Å². The summed E-state index contributed by atoms with van der Waals surface area (Å²) in [5, 5.41) is 6.11. The summed E-state index contributed by atoms with van der Waals surface area (Å²) in [4.78, 5) is 9.31. The second-order valence-corrected chi connectivity index (χ2v) is 5.16. The molecule has 0 aliphatic carbocycles. The van der Waals surface area contributed by atoms with Crippen LogP contribution in [0.3, 0.4) is 0 Å². The number of rotatable bonds is 4. The normalized spacial score (nSPS) is 10.6. The molecule has 1 aromatic carbocycles. The minimum absolute atomic E-state index is 0.231. The number of aromatic nitrogens is 2. The number of nitrogens with one attached hydrogen (secondary N) is 1. The van der Waals surface area contributed by atoms with Crippen LogP contribution in [0, 0.1) is 0 Å². The zero-order valence-electron chi connectivity index (χ0n) is 11.6. The zero-order valence-corrected chi connectivity index (χ0v) is 12.4. The molecule has 2 heterocycles. The van der Waals surface area contributed by atoms with Crippen LogP contribution in [0.15, 0.2) is 29.6 Å². The summed E-state index contributed by atoms with van der Waals surface area (Å²) in [6.45, 7) is 0. The maximum Gasteiger partial charge on any atom is 0.223 e. The monoisotopic (exact) mass is 302 g/mol. The lowest BCUT2D eigenvalue weighted by molar-refractivity contribution is 0.405. The Kier molecular flexibility index (Phi) is 3.49. The maximum absolute atomic E-state index is 5.75. The quantitative estimate of drug-likeness (QED) is 0.771. The number of methoxy groups -OCH3 is 2. The van der Waals surface area contributed by atoms with E-state index < -0.39 is 0 Å². The van der Waals surface area contributed by atoms with E-state index in [2.05, 4.69) is 15.3 Å². The van der Waals surface area contributed by atoms with E-state index in [-0.39, 0.29) is 5.95 Å². The van der Waals surface area contributed by atoms with Crippen LogP contribution in [0.1, 0.15) is 0 Å². The highest BCUT2D eigenvalue weighted by Crippen LogP contribution is 2.34. The summed E-state index contributed by atoms with van der Waals surface area (Å²) in [7, 11) is 3.23. The third kappa shape index (κ3) is 2.55. The molecule has 3 aromatic rings. The van der Waals surface area contributed by atoms with Crippen LogP contribution in [0.5, 0.6) is 11.5 Å². The molecule has 0 bridgehead atoms. The topological polar surface area (TPSA) is 82.3 Å². The molecule has 0 spiro atoms.